The summed E-state index contributed by atoms with van der Waals surface area (Å²) in [7, 11) is 0. The molecule has 0 unspecified atom stereocenters. The molecule has 0 aliphatic carbocycles. The van der Waals surface area contributed by atoms with Crippen LogP contribution >= 0.6 is 0 Å². The van der Waals surface area contributed by atoms with Crippen molar-refractivity contribution in [1.29, 1.82) is 15.8 Å². The first-order valence-corrected chi connectivity index (χ1v) is 16.8. The minimum Gasteiger partial charge on any atom is -0.455 e. The molecule has 0 atom stereocenters. The van der Waals surface area contributed by atoms with Gasteiger partial charge in [0.25, 0.3) is 0 Å². The number of benzene rings is 6. The van der Waals surface area contributed by atoms with E-state index in [2.05, 4.69) is 108 Å². The third-order valence-electron chi connectivity index (χ3n) is 9.94. The quantitative estimate of drug-likeness (QED) is 0.171. The molecule has 0 N–H and O–H groups in total. The van der Waals surface area contributed by atoms with Crippen LogP contribution in [0, 0.1) is 34.0 Å². The zero-order chi connectivity index (χ0) is 35.5. The molecule has 3 aromatic heterocycles. The molecule has 0 aliphatic heterocycles. The first kappa shape index (κ1) is 30.5. The van der Waals surface area contributed by atoms with Crippen molar-refractivity contribution in [2.24, 2.45) is 0 Å². The number of furan rings is 1. The Bertz CT molecular complexity index is 3140. The zero-order valence-corrected chi connectivity index (χ0v) is 28.1. The molecule has 242 valence electrons. The number of hydrogen-bond acceptors (Lipinski definition) is 4. The average molecular weight is 666 g/mol. The summed E-state index contributed by atoms with van der Waals surface area (Å²) < 4.78 is 11.5. The number of fused-ring (bicyclic) bond motifs is 11. The lowest BCUT2D eigenvalue weighted by Gasteiger charge is -2.11. The number of para-hydroxylation sites is 2. The molecule has 3 heterocycles. The predicted molar refractivity (Wildman–Crippen MR) is 210 cm³/mol. The maximum absolute atomic E-state index is 9.89. The number of nitriles is 3. The van der Waals surface area contributed by atoms with E-state index in [1.165, 1.54) is 12.1 Å². The van der Waals surface area contributed by atoms with Gasteiger partial charge in [-0.3, -0.25) is 0 Å². The Morgan fingerprint density at radius 3 is 1.87 bits per heavy atom. The topological polar surface area (TPSA) is 94.4 Å². The Balaban J connectivity index is 1.28. The molecule has 0 amide bonds. The molecule has 6 aromatic carbocycles. The van der Waals surface area contributed by atoms with Crippen molar-refractivity contribution < 1.29 is 4.42 Å². The maximum Gasteiger partial charge on any atom is 0.145 e. The Hall–Kier alpha value is -7.59. The largest absolute Gasteiger partial charge is 0.455 e. The van der Waals surface area contributed by atoms with Gasteiger partial charge in [-0.15, -0.1) is 0 Å². The van der Waals surface area contributed by atoms with E-state index in [1.54, 1.807) is 6.08 Å². The Labute approximate surface area is 298 Å². The van der Waals surface area contributed by atoms with Crippen LogP contribution in [-0.4, -0.2) is 9.13 Å². The fourth-order valence-corrected chi connectivity index (χ4v) is 7.77. The van der Waals surface area contributed by atoms with Crippen LogP contribution in [0.4, 0.5) is 0 Å². The molecule has 0 aliphatic rings. The fourth-order valence-electron chi connectivity index (χ4n) is 7.77. The second kappa shape index (κ2) is 11.8. The highest BCUT2D eigenvalue weighted by atomic mass is 16.3. The number of nitrogens with zero attached hydrogens (tertiary/aromatic N) is 5. The number of aromatic nitrogens is 2. The van der Waals surface area contributed by atoms with Crippen LogP contribution in [0.15, 0.2) is 144 Å². The highest BCUT2D eigenvalue weighted by Crippen LogP contribution is 2.44. The smallest absolute Gasteiger partial charge is 0.145 e. The van der Waals surface area contributed by atoms with Gasteiger partial charge >= 0.3 is 0 Å². The van der Waals surface area contributed by atoms with Crippen LogP contribution in [0.3, 0.4) is 0 Å². The van der Waals surface area contributed by atoms with E-state index in [9.17, 15) is 15.8 Å². The average Bonchev–Trinajstić information content (AvgIpc) is 3.85. The molecule has 0 spiro atoms. The molecule has 0 saturated heterocycles. The predicted octanol–water partition coefficient (Wildman–Crippen LogP) is 11.7. The van der Waals surface area contributed by atoms with E-state index < -0.39 is 0 Å². The van der Waals surface area contributed by atoms with Gasteiger partial charge in [-0.25, -0.2) is 0 Å². The van der Waals surface area contributed by atoms with Crippen molar-refractivity contribution in [3.8, 4) is 35.0 Å². The molecule has 6 nitrogen and oxygen atoms in total. The summed E-state index contributed by atoms with van der Waals surface area (Å²) in [6.45, 7) is 5.91. The van der Waals surface area contributed by atoms with E-state index >= 15 is 0 Å². The Kier molecular flexibility index (Phi) is 6.90. The maximum atomic E-state index is 9.89. The van der Waals surface area contributed by atoms with Gasteiger partial charge in [-0.1, -0.05) is 73.3 Å². The third-order valence-corrected chi connectivity index (χ3v) is 9.94. The molecule has 9 rings (SSSR count). The summed E-state index contributed by atoms with van der Waals surface area (Å²) in [6.07, 6.45) is 7.79. The van der Waals surface area contributed by atoms with E-state index in [0.29, 0.717) is 16.7 Å². The molecule has 0 fully saturated rings. The normalized spacial score (nSPS) is 12.0. The monoisotopic (exact) mass is 665 g/mol. The first-order chi connectivity index (χ1) is 25.6. The molecule has 6 heteroatoms. The zero-order valence-electron chi connectivity index (χ0n) is 28.1. The standard InChI is InChI=1S/C46H27N5O/c1-3-4-5-10-28(2)50-38-13-8-6-11-36(38)43-40(50)21-19-34-35-20-22-41-44(46(35)52-45(34)43)37-12-7-9-14-39(37)51(41)33-17-15-30(16-18-33)42-31(26-48)23-29(25-47)24-32(42)27-49/h3-24H,1H2,2H3/b5-4-,28-10+. The minimum atomic E-state index is 0.283. The number of allylic oxidation sites excluding steroid dienone is 5. The van der Waals surface area contributed by atoms with Crippen molar-refractivity contribution in [3.05, 3.63) is 157 Å². The number of hydrogen-bond donors (Lipinski definition) is 0. The molecular formula is C46H27N5O. The summed E-state index contributed by atoms with van der Waals surface area (Å²) in [5.74, 6) is 0. The summed E-state index contributed by atoms with van der Waals surface area (Å²) in [6, 6.07) is 42.8. The van der Waals surface area contributed by atoms with Gasteiger partial charge < -0.3 is 13.6 Å². The van der Waals surface area contributed by atoms with Crippen LogP contribution < -0.4 is 0 Å². The van der Waals surface area contributed by atoms with Crippen molar-refractivity contribution >= 4 is 71.2 Å². The Morgan fingerprint density at radius 2 is 1.23 bits per heavy atom. The van der Waals surface area contributed by atoms with Gasteiger partial charge in [0, 0.05) is 38.5 Å². The van der Waals surface area contributed by atoms with Gasteiger partial charge in [0.05, 0.1) is 67.7 Å². The molecule has 0 saturated carbocycles. The molecule has 52 heavy (non-hydrogen) atoms. The third kappa shape index (κ3) is 4.34. The first-order valence-electron chi connectivity index (χ1n) is 16.8. The lowest BCUT2D eigenvalue weighted by Crippen LogP contribution is -1.95. The summed E-state index contributed by atoms with van der Waals surface area (Å²) >= 11 is 0. The molecule has 0 bridgehead atoms. The second-order valence-electron chi connectivity index (χ2n) is 12.7. The van der Waals surface area contributed by atoms with Gasteiger partial charge in [-0.2, -0.15) is 15.8 Å². The van der Waals surface area contributed by atoms with Gasteiger partial charge in [0.2, 0.25) is 0 Å². The van der Waals surface area contributed by atoms with Crippen molar-refractivity contribution in [2.75, 3.05) is 0 Å². The Morgan fingerprint density at radius 1 is 0.635 bits per heavy atom. The fraction of sp³-hybridized carbons (Fsp3) is 0.0217. The lowest BCUT2D eigenvalue weighted by atomic mass is 9.93. The van der Waals surface area contributed by atoms with Crippen LogP contribution in [0.1, 0.15) is 23.6 Å². The molecule has 9 aromatic rings. The minimum absolute atomic E-state index is 0.283. The molecular weight excluding hydrogens is 639 g/mol. The van der Waals surface area contributed by atoms with Crippen LogP contribution in [0.5, 0.6) is 0 Å². The summed E-state index contributed by atoms with van der Waals surface area (Å²) in [5, 5.41) is 35.6. The van der Waals surface area contributed by atoms with Crippen LogP contribution in [0.2, 0.25) is 0 Å². The number of rotatable bonds is 5. The van der Waals surface area contributed by atoms with Crippen molar-refractivity contribution in [3.63, 3.8) is 0 Å². The van der Waals surface area contributed by atoms with Gasteiger partial charge in [0.15, 0.2) is 0 Å². The highest BCUT2D eigenvalue weighted by Gasteiger charge is 2.22. The van der Waals surface area contributed by atoms with Gasteiger partial charge in [0.1, 0.15) is 11.2 Å². The van der Waals surface area contributed by atoms with Gasteiger partial charge in [-0.05, 0) is 79.2 Å². The van der Waals surface area contributed by atoms with Crippen molar-refractivity contribution in [1.82, 2.24) is 9.13 Å². The summed E-state index contributed by atoms with van der Waals surface area (Å²) in [5.41, 5.74) is 10.0. The van der Waals surface area contributed by atoms with E-state index in [0.717, 1.165) is 82.5 Å². The van der Waals surface area contributed by atoms with Crippen LogP contribution in [-0.2, 0) is 0 Å². The van der Waals surface area contributed by atoms with Crippen molar-refractivity contribution in [2.45, 2.75) is 6.92 Å². The summed E-state index contributed by atoms with van der Waals surface area (Å²) in [4.78, 5) is 0. The highest BCUT2D eigenvalue weighted by molar-refractivity contribution is 6.29. The SMILES string of the molecule is C=C/C=C\C=C(/C)n1c2ccccc2c2c3oc4c(ccc5c4c4ccccc4n5-c4ccc(-c5c(C#N)cc(C#N)cc5C#N)cc4)c3ccc21. The molecule has 0 radical (unpaired) electrons. The van der Waals surface area contributed by atoms with E-state index in [1.807, 2.05) is 48.6 Å². The second-order valence-corrected chi connectivity index (χ2v) is 12.7. The van der Waals surface area contributed by atoms with E-state index in [-0.39, 0.29) is 5.56 Å². The van der Waals surface area contributed by atoms with Crippen LogP contribution in [0.25, 0.3) is 88.1 Å². The van der Waals surface area contributed by atoms with E-state index in [4.69, 9.17) is 4.42 Å². The lowest BCUT2D eigenvalue weighted by molar-refractivity contribution is 0.677.